The topological polar surface area (TPSA) is 65.6 Å². The maximum atomic E-state index is 14.0. The number of carbonyl (C=O) groups is 1. The molecule has 8 heteroatoms. The molecule has 0 amide bonds. The van der Waals surface area contributed by atoms with Gasteiger partial charge in [-0.05, 0) is 111 Å². The third-order valence-corrected chi connectivity index (χ3v) is 9.26. The van der Waals surface area contributed by atoms with Crippen molar-refractivity contribution in [1.29, 1.82) is 0 Å². The first-order valence-electron chi connectivity index (χ1n) is 12.8. The number of hydrogen-bond acceptors (Lipinski definition) is 5. The van der Waals surface area contributed by atoms with E-state index in [1.54, 1.807) is 18.4 Å². The van der Waals surface area contributed by atoms with E-state index in [2.05, 4.69) is 72.2 Å². The molecular weight excluding hydrogens is 621 g/mol. The second-order valence-electron chi connectivity index (χ2n) is 9.81. The van der Waals surface area contributed by atoms with Crippen LogP contribution < -0.4 is 14.9 Å². The molecule has 5 rings (SSSR count). The first kappa shape index (κ1) is 27.3. The Balaban J connectivity index is 1.68. The lowest BCUT2D eigenvalue weighted by Crippen LogP contribution is -2.39. The number of aryl methyl sites for hydroxylation is 3. The molecule has 6 nitrogen and oxygen atoms in total. The molecule has 4 aromatic rings. The molecule has 0 saturated carbocycles. The third kappa shape index (κ3) is 4.96. The number of ether oxygens (including phenoxy) is 1. The maximum Gasteiger partial charge on any atom is 0.338 e. The highest BCUT2D eigenvalue weighted by Gasteiger charge is 2.33. The van der Waals surface area contributed by atoms with E-state index in [-0.39, 0.29) is 12.2 Å². The van der Waals surface area contributed by atoms with Gasteiger partial charge in [0.1, 0.15) is 0 Å². The van der Waals surface area contributed by atoms with Crippen molar-refractivity contribution in [3.63, 3.8) is 0 Å². The number of rotatable bonds is 5. The third-order valence-electron chi connectivity index (χ3n) is 7.07. The van der Waals surface area contributed by atoms with E-state index in [1.165, 1.54) is 20.5 Å². The molecule has 0 bridgehead atoms. The predicted molar refractivity (Wildman–Crippen MR) is 164 cm³/mol. The second kappa shape index (κ2) is 10.7. The highest BCUT2D eigenvalue weighted by Crippen LogP contribution is 2.31. The van der Waals surface area contributed by atoms with E-state index in [1.807, 2.05) is 37.3 Å². The number of fused-ring (bicyclic) bond motifs is 1. The van der Waals surface area contributed by atoms with Gasteiger partial charge in [0.15, 0.2) is 4.80 Å². The normalized spacial score (nSPS) is 15.4. The fourth-order valence-electron chi connectivity index (χ4n) is 5.10. The van der Waals surface area contributed by atoms with Crippen molar-refractivity contribution < 1.29 is 9.53 Å². The average Bonchev–Trinajstić information content (AvgIpc) is 3.35. The van der Waals surface area contributed by atoms with Gasteiger partial charge in [-0.2, -0.15) is 0 Å². The van der Waals surface area contributed by atoms with E-state index in [9.17, 15) is 9.59 Å². The molecule has 200 valence electrons. The van der Waals surface area contributed by atoms with Crippen LogP contribution >= 0.6 is 33.9 Å². The molecule has 1 aliphatic rings. The molecule has 3 heterocycles. The van der Waals surface area contributed by atoms with E-state index >= 15 is 0 Å². The summed E-state index contributed by atoms with van der Waals surface area (Å²) in [7, 11) is 0. The number of nitrogens with zero attached hydrogens (tertiary/aromatic N) is 3. The van der Waals surface area contributed by atoms with Crippen LogP contribution in [0.25, 0.3) is 11.8 Å². The number of thiazole rings is 1. The zero-order valence-corrected chi connectivity index (χ0v) is 25.8. The fourth-order valence-corrected chi connectivity index (χ4v) is 6.47. The smallest absolute Gasteiger partial charge is 0.338 e. The van der Waals surface area contributed by atoms with Crippen molar-refractivity contribution in [2.45, 2.75) is 47.6 Å². The van der Waals surface area contributed by atoms with Crippen LogP contribution in [0.4, 0.5) is 0 Å². The van der Waals surface area contributed by atoms with Gasteiger partial charge in [0.25, 0.3) is 5.56 Å². The molecule has 1 unspecified atom stereocenters. The number of hydrogen-bond donors (Lipinski definition) is 0. The van der Waals surface area contributed by atoms with E-state index in [0.717, 1.165) is 33.8 Å². The highest BCUT2D eigenvalue weighted by molar-refractivity contribution is 14.1. The Labute approximate surface area is 245 Å². The van der Waals surface area contributed by atoms with Crippen molar-refractivity contribution in [2.24, 2.45) is 4.99 Å². The zero-order chi connectivity index (χ0) is 28.0. The van der Waals surface area contributed by atoms with Gasteiger partial charge < -0.3 is 9.30 Å². The fraction of sp³-hybridized carbons (Fsp3) is 0.258. The Bertz CT molecular complexity index is 1820. The number of benzene rings is 2. The van der Waals surface area contributed by atoms with Gasteiger partial charge in [0.05, 0.1) is 28.5 Å². The van der Waals surface area contributed by atoms with Crippen molar-refractivity contribution in [3.8, 4) is 5.69 Å². The van der Waals surface area contributed by atoms with Gasteiger partial charge >= 0.3 is 5.97 Å². The van der Waals surface area contributed by atoms with Crippen LogP contribution in [0, 0.1) is 31.3 Å². The maximum absolute atomic E-state index is 14.0. The van der Waals surface area contributed by atoms with Crippen LogP contribution in [-0.2, 0) is 9.53 Å². The second-order valence-corrected chi connectivity index (χ2v) is 12.0. The number of allylic oxidation sites excluding steroid dienone is 1. The molecule has 0 fully saturated rings. The molecule has 0 spiro atoms. The Morgan fingerprint density at radius 1 is 1.08 bits per heavy atom. The van der Waals surface area contributed by atoms with Gasteiger partial charge in [0, 0.05) is 20.6 Å². The molecule has 0 aliphatic carbocycles. The SMILES string of the molecule is CCOC(=O)C1=C(C)N=c2sc(=Cc3cc(C)n(-c4ccc(I)c(C)c4)c3C)c(=O)n2C1c1ccc(C)cc1. The van der Waals surface area contributed by atoms with Gasteiger partial charge in [-0.25, -0.2) is 9.79 Å². The zero-order valence-electron chi connectivity index (χ0n) is 22.8. The minimum Gasteiger partial charge on any atom is -0.463 e. The van der Waals surface area contributed by atoms with Crippen molar-refractivity contribution >= 4 is 46.0 Å². The Kier molecular flexibility index (Phi) is 7.52. The lowest BCUT2D eigenvalue weighted by Gasteiger charge is -2.24. The van der Waals surface area contributed by atoms with Crippen molar-refractivity contribution in [2.75, 3.05) is 6.61 Å². The Hall–Kier alpha value is -3.24. The standard InChI is InChI=1S/C31H30IN3O3S/c1-7-38-30(37)27-20(5)33-31-35(28(27)22-10-8-17(2)9-11-22)29(36)26(39-31)16-23-15-19(4)34(21(23)6)24-12-13-25(32)18(3)14-24/h8-16,28H,7H2,1-6H3. The summed E-state index contributed by atoms with van der Waals surface area (Å²) < 4.78 is 11.0. The van der Waals surface area contributed by atoms with Crippen molar-refractivity contribution in [3.05, 3.63) is 117 Å². The molecule has 1 atom stereocenters. The molecule has 1 aliphatic heterocycles. The van der Waals surface area contributed by atoms with E-state index in [4.69, 9.17) is 9.73 Å². The molecular formula is C31H30IN3O3S. The minimum absolute atomic E-state index is 0.173. The largest absolute Gasteiger partial charge is 0.463 e. The number of aromatic nitrogens is 2. The summed E-state index contributed by atoms with van der Waals surface area (Å²) in [5.74, 6) is -0.449. The van der Waals surface area contributed by atoms with Crippen molar-refractivity contribution in [1.82, 2.24) is 9.13 Å². The van der Waals surface area contributed by atoms with Gasteiger partial charge in [-0.15, -0.1) is 0 Å². The lowest BCUT2D eigenvalue weighted by molar-refractivity contribution is -0.139. The van der Waals surface area contributed by atoms with Gasteiger partial charge in [0.2, 0.25) is 0 Å². The summed E-state index contributed by atoms with van der Waals surface area (Å²) in [6.07, 6.45) is 1.94. The summed E-state index contributed by atoms with van der Waals surface area (Å²) in [6.45, 7) is 12.1. The summed E-state index contributed by atoms with van der Waals surface area (Å²) in [5, 5.41) is 0. The first-order chi connectivity index (χ1) is 18.6. The summed E-state index contributed by atoms with van der Waals surface area (Å²) in [5.41, 5.74) is 8.17. The molecule has 0 N–H and O–H groups in total. The van der Waals surface area contributed by atoms with Crippen LogP contribution in [0.1, 0.15) is 53.5 Å². The predicted octanol–water partition coefficient (Wildman–Crippen LogP) is 5.43. The minimum atomic E-state index is -0.606. The molecule has 2 aromatic heterocycles. The Morgan fingerprint density at radius 2 is 1.79 bits per heavy atom. The van der Waals surface area contributed by atoms with Crippen LogP contribution in [-0.4, -0.2) is 21.7 Å². The van der Waals surface area contributed by atoms with Crippen LogP contribution in [0.3, 0.4) is 0 Å². The van der Waals surface area contributed by atoms with Gasteiger partial charge in [-0.3, -0.25) is 9.36 Å². The monoisotopic (exact) mass is 651 g/mol. The summed E-state index contributed by atoms with van der Waals surface area (Å²) in [4.78, 5) is 32.3. The lowest BCUT2D eigenvalue weighted by atomic mass is 9.95. The average molecular weight is 652 g/mol. The number of carbonyl (C=O) groups excluding carboxylic acids is 1. The molecule has 2 aromatic carbocycles. The van der Waals surface area contributed by atoms with Gasteiger partial charge in [-0.1, -0.05) is 41.2 Å². The number of halogens is 1. The highest BCUT2D eigenvalue weighted by atomic mass is 127. The summed E-state index contributed by atoms with van der Waals surface area (Å²) in [6, 6.07) is 15.8. The molecule has 0 radical (unpaired) electrons. The van der Waals surface area contributed by atoms with E-state index < -0.39 is 12.0 Å². The Morgan fingerprint density at radius 3 is 2.46 bits per heavy atom. The van der Waals surface area contributed by atoms with Crippen LogP contribution in [0.5, 0.6) is 0 Å². The molecule has 39 heavy (non-hydrogen) atoms. The van der Waals surface area contributed by atoms with Crippen LogP contribution in [0.2, 0.25) is 0 Å². The quantitative estimate of drug-likeness (QED) is 0.214. The number of esters is 1. The van der Waals surface area contributed by atoms with E-state index in [0.29, 0.717) is 20.6 Å². The first-order valence-corrected chi connectivity index (χ1v) is 14.7. The van der Waals surface area contributed by atoms with Crippen LogP contribution in [0.15, 0.2) is 69.6 Å². The summed E-state index contributed by atoms with van der Waals surface area (Å²) >= 11 is 3.69. The molecule has 0 saturated heterocycles.